The minimum atomic E-state index is -0.556. The van der Waals surface area contributed by atoms with Crippen molar-refractivity contribution in [3.63, 3.8) is 0 Å². The van der Waals surface area contributed by atoms with Gasteiger partial charge in [0.15, 0.2) is 4.34 Å². The summed E-state index contributed by atoms with van der Waals surface area (Å²) in [5, 5.41) is 21.7. The van der Waals surface area contributed by atoms with Gasteiger partial charge in [-0.25, -0.2) is 0 Å². The van der Waals surface area contributed by atoms with Crippen molar-refractivity contribution in [3.05, 3.63) is 52.6 Å². The van der Waals surface area contributed by atoms with Crippen LogP contribution in [0.1, 0.15) is 6.92 Å². The number of nitro groups is 1. The van der Waals surface area contributed by atoms with E-state index in [2.05, 4.69) is 15.5 Å². The van der Waals surface area contributed by atoms with E-state index in [1.54, 1.807) is 24.3 Å². The number of nitrogens with one attached hydrogen (secondary N) is 1. The summed E-state index contributed by atoms with van der Waals surface area (Å²) in [4.78, 5) is 22.9. The van der Waals surface area contributed by atoms with Crippen LogP contribution >= 0.6 is 23.1 Å². The Balaban J connectivity index is 1.70. The predicted molar refractivity (Wildman–Crippen MR) is 114 cm³/mol. The summed E-state index contributed by atoms with van der Waals surface area (Å²) in [7, 11) is 0. The summed E-state index contributed by atoms with van der Waals surface area (Å²) in [5.74, 6) is 1.06. The fraction of sp³-hybridized carbons (Fsp3) is 0.167. The number of amides is 1. The molecule has 0 saturated carbocycles. The molecule has 3 rings (SSSR count). The summed E-state index contributed by atoms with van der Waals surface area (Å²) in [5.41, 5.74) is 5.54. The molecule has 2 aromatic carbocycles. The van der Waals surface area contributed by atoms with Crippen molar-refractivity contribution in [2.24, 2.45) is 0 Å². The molecule has 30 heavy (non-hydrogen) atoms. The number of anilines is 2. The van der Waals surface area contributed by atoms with Gasteiger partial charge in [0.2, 0.25) is 11.0 Å². The molecule has 156 valence electrons. The Bertz CT molecular complexity index is 1040. The van der Waals surface area contributed by atoms with Crippen LogP contribution in [0.4, 0.5) is 16.5 Å². The van der Waals surface area contributed by atoms with Gasteiger partial charge < -0.3 is 20.5 Å². The molecule has 3 N–H and O–H groups in total. The number of carbonyl (C=O) groups excluding carboxylic acids is 1. The molecule has 0 fully saturated rings. The normalized spacial score (nSPS) is 10.4. The average Bonchev–Trinajstić information content (AvgIpc) is 3.13. The first-order chi connectivity index (χ1) is 14.4. The first-order valence-electron chi connectivity index (χ1n) is 8.64. The molecule has 3 aromatic rings. The minimum Gasteiger partial charge on any atom is -0.494 e. The fourth-order valence-corrected chi connectivity index (χ4v) is 3.77. The SMILES string of the molecule is CCOc1ccc(Oc2cc(NC(=O)CSc3nnc(N)s3)cc([N+](=O)[O-])c2)cc1. The van der Waals surface area contributed by atoms with Crippen molar-refractivity contribution in [1.29, 1.82) is 0 Å². The molecule has 0 bridgehead atoms. The number of ether oxygens (including phenoxy) is 2. The van der Waals surface area contributed by atoms with Crippen LogP contribution in [0.5, 0.6) is 17.2 Å². The quantitative estimate of drug-likeness (QED) is 0.283. The Labute approximate surface area is 179 Å². The highest BCUT2D eigenvalue weighted by Crippen LogP contribution is 2.31. The lowest BCUT2D eigenvalue weighted by Crippen LogP contribution is -2.14. The highest BCUT2D eigenvalue weighted by atomic mass is 32.2. The molecule has 1 aromatic heterocycles. The largest absolute Gasteiger partial charge is 0.494 e. The van der Waals surface area contributed by atoms with E-state index in [9.17, 15) is 14.9 Å². The standard InChI is InChI=1S/C18H17N5O5S2/c1-2-27-13-3-5-14(6-4-13)28-15-8-11(7-12(9-15)23(25)26)20-16(24)10-29-18-22-21-17(19)30-18/h3-9H,2,10H2,1H3,(H2,19,21)(H,20,24). The maximum absolute atomic E-state index is 12.2. The molecule has 0 aliphatic heterocycles. The summed E-state index contributed by atoms with van der Waals surface area (Å²) >= 11 is 2.34. The Morgan fingerprint density at radius 2 is 1.93 bits per heavy atom. The number of nitrogens with two attached hydrogens (primary N) is 1. The highest BCUT2D eigenvalue weighted by Gasteiger charge is 2.14. The molecule has 0 saturated heterocycles. The van der Waals surface area contributed by atoms with E-state index in [4.69, 9.17) is 15.2 Å². The molecule has 0 unspecified atom stereocenters. The van der Waals surface area contributed by atoms with Crippen molar-refractivity contribution >= 4 is 45.5 Å². The fourth-order valence-electron chi connectivity index (χ4n) is 2.33. The smallest absolute Gasteiger partial charge is 0.275 e. The van der Waals surface area contributed by atoms with E-state index in [1.807, 2.05) is 6.92 Å². The van der Waals surface area contributed by atoms with Gasteiger partial charge in [0.1, 0.15) is 17.2 Å². The molecule has 0 aliphatic rings. The Morgan fingerprint density at radius 1 is 1.20 bits per heavy atom. The van der Waals surface area contributed by atoms with Gasteiger partial charge in [-0.15, -0.1) is 10.2 Å². The van der Waals surface area contributed by atoms with Crippen LogP contribution in [0, 0.1) is 10.1 Å². The molecule has 0 aliphatic carbocycles. The van der Waals surface area contributed by atoms with Crippen LogP contribution < -0.4 is 20.5 Å². The topological polar surface area (TPSA) is 142 Å². The summed E-state index contributed by atoms with van der Waals surface area (Å²) < 4.78 is 11.6. The van der Waals surface area contributed by atoms with Crippen LogP contribution in [-0.2, 0) is 4.79 Å². The number of benzene rings is 2. The van der Waals surface area contributed by atoms with Gasteiger partial charge >= 0.3 is 0 Å². The minimum absolute atomic E-state index is 0.0480. The summed E-state index contributed by atoms with van der Waals surface area (Å²) in [6.07, 6.45) is 0. The molecule has 12 heteroatoms. The number of aromatic nitrogens is 2. The third kappa shape index (κ3) is 6.06. The van der Waals surface area contributed by atoms with Crippen molar-refractivity contribution in [1.82, 2.24) is 10.2 Å². The molecular weight excluding hydrogens is 430 g/mol. The van der Waals surface area contributed by atoms with Crippen LogP contribution in [0.15, 0.2) is 46.8 Å². The third-order valence-electron chi connectivity index (χ3n) is 3.51. The van der Waals surface area contributed by atoms with Gasteiger partial charge in [-0.1, -0.05) is 23.1 Å². The molecule has 0 atom stereocenters. The maximum atomic E-state index is 12.2. The average molecular weight is 447 g/mol. The van der Waals surface area contributed by atoms with Crippen molar-refractivity contribution in [2.75, 3.05) is 23.4 Å². The van der Waals surface area contributed by atoms with Crippen LogP contribution in [0.25, 0.3) is 0 Å². The van der Waals surface area contributed by atoms with E-state index < -0.39 is 4.92 Å². The summed E-state index contributed by atoms with van der Waals surface area (Å²) in [6, 6.07) is 10.9. The third-order valence-corrected chi connectivity index (χ3v) is 5.39. The molecule has 0 spiro atoms. The number of hydrogen-bond acceptors (Lipinski definition) is 10. The van der Waals surface area contributed by atoms with E-state index in [-0.39, 0.29) is 28.8 Å². The molecule has 1 amide bonds. The Hall–Kier alpha value is -3.38. The van der Waals surface area contributed by atoms with Crippen molar-refractivity contribution in [3.8, 4) is 17.2 Å². The number of nitro benzene ring substituents is 1. The van der Waals surface area contributed by atoms with E-state index >= 15 is 0 Å². The Kier molecular flexibility index (Phi) is 7.03. The van der Waals surface area contributed by atoms with Crippen LogP contribution in [0.2, 0.25) is 0 Å². The number of hydrogen-bond donors (Lipinski definition) is 2. The predicted octanol–water partition coefficient (Wildman–Crippen LogP) is 3.95. The van der Waals surface area contributed by atoms with Crippen LogP contribution in [0.3, 0.4) is 0 Å². The number of non-ortho nitro benzene ring substituents is 1. The van der Waals surface area contributed by atoms with Gasteiger partial charge in [-0.05, 0) is 31.2 Å². The molecular formula is C18H17N5O5S2. The van der Waals surface area contributed by atoms with Crippen molar-refractivity contribution in [2.45, 2.75) is 11.3 Å². The van der Waals surface area contributed by atoms with Gasteiger partial charge in [0.25, 0.3) is 5.69 Å². The maximum Gasteiger partial charge on any atom is 0.275 e. The first kappa shape index (κ1) is 21.3. The second-order valence-corrected chi connectivity index (χ2v) is 7.95. The van der Waals surface area contributed by atoms with E-state index in [0.29, 0.717) is 27.6 Å². The zero-order chi connectivity index (χ0) is 21.5. The second-order valence-electron chi connectivity index (χ2n) is 5.72. The zero-order valence-corrected chi connectivity index (χ0v) is 17.4. The number of rotatable bonds is 9. The zero-order valence-electron chi connectivity index (χ0n) is 15.7. The Morgan fingerprint density at radius 3 is 2.57 bits per heavy atom. The van der Waals surface area contributed by atoms with E-state index in [1.165, 1.54) is 41.3 Å². The van der Waals surface area contributed by atoms with Crippen molar-refractivity contribution < 1.29 is 19.2 Å². The second kappa shape index (κ2) is 9.89. The van der Waals surface area contributed by atoms with Gasteiger partial charge in [0, 0.05) is 12.1 Å². The lowest BCUT2D eigenvalue weighted by molar-refractivity contribution is -0.384. The first-order valence-corrected chi connectivity index (χ1v) is 10.4. The number of nitrogen functional groups attached to an aromatic ring is 1. The number of carbonyl (C=O) groups is 1. The highest BCUT2D eigenvalue weighted by molar-refractivity contribution is 8.01. The molecule has 1 heterocycles. The number of thioether (sulfide) groups is 1. The molecule has 10 nitrogen and oxygen atoms in total. The monoisotopic (exact) mass is 447 g/mol. The molecule has 0 radical (unpaired) electrons. The lowest BCUT2D eigenvalue weighted by Gasteiger charge is -2.10. The van der Waals surface area contributed by atoms with Crippen LogP contribution in [-0.4, -0.2) is 33.4 Å². The van der Waals surface area contributed by atoms with E-state index in [0.717, 1.165) is 0 Å². The number of nitrogens with zero attached hydrogens (tertiary/aromatic N) is 3. The van der Waals surface area contributed by atoms with Gasteiger partial charge in [-0.2, -0.15) is 0 Å². The van der Waals surface area contributed by atoms with Gasteiger partial charge in [0.05, 0.1) is 29.0 Å². The lowest BCUT2D eigenvalue weighted by atomic mass is 10.2. The van der Waals surface area contributed by atoms with Gasteiger partial charge in [-0.3, -0.25) is 14.9 Å². The summed E-state index contributed by atoms with van der Waals surface area (Å²) in [6.45, 7) is 2.42.